The van der Waals surface area contributed by atoms with Crippen LogP contribution in [0.1, 0.15) is 71.1 Å². The molecule has 0 aromatic carbocycles. The van der Waals surface area contributed by atoms with Gasteiger partial charge in [-0.05, 0) is 18.8 Å². The van der Waals surface area contributed by atoms with E-state index in [4.69, 9.17) is 9.47 Å². The van der Waals surface area contributed by atoms with E-state index in [-0.39, 0.29) is 18.1 Å². The average molecular weight is 353 g/mol. The van der Waals surface area contributed by atoms with Crippen molar-refractivity contribution >= 4 is 0 Å². The first-order chi connectivity index (χ1) is 12.2. The quantitative estimate of drug-likeness (QED) is 0.464. The zero-order valence-corrected chi connectivity index (χ0v) is 15.7. The number of rotatable bonds is 10. The van der Waals surface area contributed by atoms with Gasteiger partial charge in [-0.15, -0.1) is 0 Å². The second kappa shape index (κ2) is 8.98. The van der Waals surface area contributed by atoms with Crippen LogP contribution in [0, 0.1) is 17.8 Å². The minimum absolute atomic E-state index is 0.145. The molecule has 0 bridgehead atoms. The third-order valence-corrected chi connectivity index (χ3v) is 6.47. The molecule has 3 rings (SSSR count). The molecule has 144 valence electrons. The van der Waals surface area contributed by atoms with Gasteiger partial charge in [0.1, 0.15) is 0 Å². The monoisotopic (exact) mass is 352 g/mol. The Bertz CT molecular complexity index is 430. The van der Waals surface area contributed by atoms with E-state index < -0.39 is 5.79 Å². The molecule has 1 aliphatic heterocycles. The molecule has 25 heavy (non-hydrogen) atoms. The second-order valence-corrected chi connectivity index (χ2v) is 8.23. The van der Waals surface area contributed by atoms with Crippen molar-refractivity contribution in [2.24, 2.45) is 17.8 Å². The normalized spacial score (nSPS) is 34.5. The molecule has 3 unspecified atom stereocenters. The van der Waals surface area contributed by atoms with Crippen molar-refractivity contribution in [2.75, 3.05) is 13.2 Å². The van der Waals surface area contributed by atoms with Gasteiger partial charge >= 0.3 is 0 Å². The molecule has 0 radical (unpaired) electrons. The van der Waals surface area contributed by atoms with Gasteiger partial charge in [-0.1, -0.05) is 64.0 Å². The molecule has 0 aromatic heterocycles. The van der Waals surface area contributed by atoms with Crippen LogP contribution < -0.4 is 0 Å². The van der Waals surface area contributed by atoms with E-state index in [9.17, 15) is 10.2 Å². The minimum Gasteiger partial charge on any atom is -0.392 e. The van der Waals surface area contributed by atoms with Gasteiger partial charge < -0.3 is 19.7 Å². The van der Waals surface area contributed by atoms with Crippen LogP contribution in [0.2, 0.25) is 0 Å². The van der Waals surface area contributed by atoms with Crippen molar-refractivity contribution in [1.29, 1.82) is 0 Å². The molecule has 2 N–H and O–H groups in total. The highest BCUT2D eigenvalue weighted by atomic mass is 16.7. The molecule has 0 amide bonds. The Morgan fingerprint density at radius 3 is 2.48 bits per heavy atom. The van der Waals surface area contributed by atoms with Crippen molar-refractivity contribution in [3.63, 3.8) is 0 Å². The summed E-state index contributed by atoms with van der Waals surface area (Å²) in [5.41, 5.74) is 0. The number of fused-ring (bicyclic) bond motifs is 2. The summed E-state index contributed by atoms with van der Waals surface area (Å²) < 4.78 is 11.6. The molecular weight excluding hydrogens is 316 g/mol. The largest absolute Gasteiger partial charge is 0.392 e. The summed E-state index contributed by atoms with van der Waals surface area (Å²) in [5, 5.41) is 20.6. The smallest absolute Gasteiger partial charge is 0.171 e. The van der Waals surface area contributed by atoms with Crippen molar-refractivity contribution < 1.29 is 19.7 Å². The lowest BCUT2D eigenvalue weighted by molar-refractivity contribution is -0.270. The molecule has 1 heterocycles. The standard InChI is InChI=1S/C21H36O4/c1-2-3-4-5-6-7-8-9-16(22)10-11-17-18-15-21(24-12-13-25-21)19(18)14-20(17)23/h10-11,16-20,22-23H,2-9,12-15H2,1H3/t16?,17?,18-,19-,20?/m0/s1. The predicted molar refractivity (Wildman–Crippen MR) is 98.1 cm³/mol. The third kappa shape index (κ3) is 4.47. The topological polar surface area (TPSA) is 58.9 Å². The molecule has 1 spiro atoms. The summed E-state index contributed by atoms with van der Waals surface area (Å²) in [4.78, 5) is 0. The van der Waals surface area contributed by atoms with Gasteiger partial charge in [0.05, 0.1) is 25.4 Å². The maximum absolute atomic E-state index is 10.4. The summed E-state index contributed by atoms with van der Waals surface area (Å²) in [6.07, 6.45) is 14.6. The van der Waals surface area contributed by atoms with Crippen molar-refractivity contribution in [3.05, 3.63) is 12.2 Å². The Kier molecular flexibility index (Phi) is 6.95. The maximum atomic E-state index is 10.4. The summed E-state index contributed by atoms with van der Waals surface area (Å²) in [7, 11) is 0. The first kappa shape index (κ1) is 19.3. The molecule has 2 saturated carbocycles. The lowest BCUT2D eigenvalue weighted by Gasteiger charge is -2.49. The number of hydrogen-bond donors (Lipinski definition) is 2. The van der Waals surface area contributed by atoms with Crippen LogP contribution in [-0.2, 0) is 9.47 Å². The molecule has 5 atom stereocenters. The molecular formula is C21H36O4. The molecule has 3 fully saturated rings. The second-order valence-electron chi connectivity index (χ2n) is 8.23. The average Bonchev–Trinajstić information content (AvgIpc) is 3.18. The summed E-state index contributed by atoms with van der Waals surface area (Å²) >= 11 is 0. The molecule has 0 aromatic rings. The van der Waals surface area contributed by atoms with E-state index in [1.807, 2.05) is 6.08 Å². The van der Waals surface area contributed by atoms with E-state index >= 15 is 0 Å². The number of hydrogen-bond acceptors (Lipinski definition) is 4. The highest BCUT2D eigenvalue weighted by Gasteiger charge is 2.64. The number of ether oxygens (including phenoxy) is 2. The zero-order chi connectivity index (χ0) is 17.7. The third-order valence-electron chi connectivity index (χ3n) is 6.47. The molecule has 1 saturated heterocycles. The van der Waals surface area contributed by atoms with Gasteiger partial charge in [-0.3, -0.25) is 0 Å². The van der Waals surface area contributed by atoms with Crippen LogP contribution in [0.5, 0.6) is 0 Å². The SMILES string of the molecule is CCCCCCCCCC(O)C=CC1C(O)C[C@H]2[C@H]1CC21OCCO1. The van der Waals surface area contributed by atoms with Gasteiger partial charge in [-0.25, -0.2) is 0 Å². The van der Waals surface area contributed by atoms with Gasteiger partial charge in [0.15, 0.2) is 5.79 Å². The molecule has 4 heteroatoms. The van der Waals surface area contributed by atoms with Crippen molar-refractivity contribution in [1.82, 2.24) is 0 Å². The summed E-state index contributed by atoms with van der Waals surface area (Å²) in [5.74, 6) is 0.507. The van der Waals surface area contributed by atoms with Crippen LogP contribution in [0.25, 0.3) is 0 Å². The molecule has 2 aliphatic carbocycles. The van der Waals surface area contributed by atoms with E-state index in [0.717, 1.165) is 25.7 Å². The first-order valence-corrected chi connectivity index (χ1v) is 10.5. The lowest BCUT2D eigenvalue weighted by atomic mass is 9.67. The van der Waals surface area contributed by atoms with Crippen molar-refractivity contribution in [3.8, 4) is 0 Å². The fraction of sp³-hybridized carbons (Fsp3) is 0.905. The van der Waals surface area contributed by atoms with Gasteiger partial charge in [0.25, 0.3) is 0 Å². The highest BCUT2D eigenvalue weighted by molar-refractivity contribution is 5.14. The predicted octanol–water partition coefficient (Wildman–Crippen LogP) is 3.80. The Morgan fingerprint density at radius 1 is 1.08 bits per heavy atom. The van der Waals surface area contributed by atoms with Crippen LogP contribution in [-0.4, -0.2) is 41.4 Å². The minimum atomic E-state index is -0.398. The Morgan fingerprint density at radius 2 is 1.76 bits per heavy atom. The Balaban J connectivity index is 1.34. The van der Waals surface area contributed by atoms with Gasteiger partial charge in [-0.2, -0.15) is 0 Å². The van der Waals surface area contributed by atoms with E-state index in [0.29, 0.717) is 25.0 Å². The fourth-order valence-corrected chi connectivity index (χ4v) is 4.99. The van der Waals surface area contributed by atoms with E-state index in [1.54, 1.807) is 0 Å². The fourth-order valence-electron chi connectivity index (χ4n) is 4.99. The van der Waals surface area contributed by atoms with E-state index in [1.165, 1.54) is 38.5 Å². The van der Waals surface area contributed by atoms with Gasteiger partial charge in [0.2, 0.25) is 0 Å². The first-order valence-electron chi connectivity index (χ1n) is 10.5. The summed E-state index contributed by atoms with van der Waals surface area (Å²) in [6.45, 7) is 3.59. The Hall–Kier alpha value is -0.420. The summed E-state index contributed by atoms with van der Waals surface area (Å²) in [6, 6.07) is 0. The zero-order valence-electron chi connectivity index (χ0n) is 15.7. The lowest BCUT2D eigenvalue weighted by Crippen LogP contribution is -2.53. The van der Waals surface area contributed by atoms with Crippen LogP contribution >= 0.6 is 0 Å². The van der Waals surface area contributed by atoms with Crippen LogP contribution in [0.3, 0.4) is 0 Å². The number of aliphatic hydroxyl groups is 2. The number of aliphatic hydroxyl groups excluding tert-OH is 2. The van der Waals surface area contributed by atoms with Crippen LogP contribution in [0.15, 0.2) is 12.2 Å². The molecule has 4 nitrogen and oxygen atoms in total. The van der Waals surface area contributed by atoms with Crippen molar-refractivity contribution in [2.45, 2.75) is 89.1 Å². The molecule has 3 aliphatic rings. The Labute approximate surface area is 152 Å². The maximum Gasteiger partial charge on any atom is 0.171 e. The number of unbranched alkanes of at least 4 members (excludes halogenated alkanes) is 6. The highest BCUT2D eigenvalue weighted by Crippen LogP contribution is 2.60. The van der Waals surface area contributed by atoms with Gasteiger partial charge in [0, 0.05) is 18.3 Å². The van der Waals surface area contributed by atoms with Crippen LogP contribution in [0.4, 0.5) is 0 Å². The van der Waals surface area contributed by atoms with E-state index in [2.05, 4.69) is 13.0 Å².